The van der Waals surface area contributed by atoms with Gasteiger partial charge in [0, 0.05) is 50.6 Å². The standard InChI is InChI=1S/C23H34F3N3O2/c1-3-16-13-17(23(24,25)26)14-27-19(16)8-6-10-22(30)29-12-11-18(15-29)28-20-7-4-5-9-21(20)31-2/h13-14,18,20-21,28H,3-12,15H2,1-2H3. The molecule has 3 unspecified atom stereocenters. The lowest BCUT2D eigenvalue weighted by molar-refractivity contribution is -0.138. The molecule has 5 nitrogen and oxygen atoms in total. The fraction of sp³-hybridized carbons (Fsp3) is 0.739. The van der Waals surface area contributed by atoms with Gasteiger partial charge in [-0.05, 0) is 50.2 Å². The number of aromatic nitrogens is 1. The normalized spacial score (nSPS) is 24.5. The minimum Gasteiger partial charge on any atom is -0.380 e. The third-order valence-electron chi connectivity index (χ3n) is 6.57. The number of amides is 1. The van der Waals surface area contributed by atoms with Gasteiger partial charge in [0.1, 0.15) is 0 Å². The molecule has 1 saturated carbocycles. The number of carbonyl (C=O) groups is 1. The number of ether oxygens (including phenoxy) is 1. The third kappa shape index (κ3) is 6.42. The van der Waals surface area contributed by atoms with E-state index in [1.165, 1.54) is 18.9 Å². The largest absolute Gasteiger partial charge is 0.417 e. The average molecular weight is 442 g/mol. The highest BCUT2D eigenvalue weighted by Gasteiger charge is 2.32. The predicted octanol–water partition coefficient (Wildman–Crippen LogP) is 4.13. The number of alkyl halides is 3. The number of methoxy groups -OCH3 is 1. The van der Waals surface area contributed by atoms with Crippen molar-refractivity contribution in [3.05, 3.63) is 29.1 Å². The van der Waals surface area contributed by atoms with Gasteiger partial charge in [-0.25, -0.2) is 0 Å². The monoisotopic (exact) mass is 441 g/mol. The predicted molar refractivity (Wildman–Crippen MR) is 113 cm³/mol. The molecule has 0 aromatic carbocycles. The van der Waals surface area contributed by atoms with E-state index in [2.05, 4.69) is 10.3 Å². The van der Waals surface area contributed by atoms with Gasteiger partial charge in [0.15, 0.2) is 0 Å². The summed E-state index contributed by atoms with van der Waals surface area (Å²) in [4.78, 5) is 18.6. The number of nitrogens with one attached hydrogen (secondary N) is 1. The molecule has 2 heterocycles. The van der Waals surface area contributed by atoms with E-state index in [0.29, 0.717) is 55.6 Å². The number of hydrogen-bond acceptors (Lipinski definition) is 4. The fourth-order valence-corrected chi connectivity index (χ4v) is 4.79. The van der Waals surface area contributed by atoms with Crippen LogP contribution in [0.5, 0.6) is 0 Å². The van der Waals surface area contributed by atoms with Crippen molar-refractivity contribution in [1.29, 1.82) is 0 Å². The van der Waals surface area contributed by atoms with Gasteiger partial charge in [0.2, 0.25) is 5.91 Å². The van der Waals surface area contributed by atoms with Crippen LogP contribution in [0.1, 0.15) is 68.7 Å². The van der Waals surface area contributed by atoms with Crippen molar-refractivity contribution in [2.45, 2.75) is 89.1 Å². The van der Waals surface area contributed by atoms with E-state index < -0.39 is 11.7 Å². The van der Waals surface area contributed by atoms with Crippen molar-refractivity contribution >= 4 is 5.91 Å². The van der Waals surface area contributed by atoms with Crippen LogP contribution in [-0.2, 0) is 28.5 Å². The molecule has 2 aliphatic rings. The first-order chi connectivity index (χ1) is 14.8. The summed E-state index contributed by atoms with van der Waals surface area (Å²) in [5, 5.41) is 3.70. The summed E-state index contributed by atoms with van der Waals surface area (Å²) >= 11 is 0. The average Bonchev–Trinajstić information content (AvgIpc) is 3.22. The molecule has 3 atom stereocenters. The summed E-state index contributed by atoms with van der Waals surface area (Å²) in [7, 11) is 1.77. The topological polar surface area (TPSA) is 54.5 Å². The van der Waals surface area contributed by atoms with Gasteiger partial charge >= 0.3 is 6.18 Å². The number of carbonyl (C=O) groups excluding carboxylic acids is 1. The number of rotatable bonds is 8. The second-order valence-corrected chi connectivity index (χ2v) is 8.69. The maximum absolute atomic E-state index is 12.9. The molecule has 1 amide bonds. The summed E-state index contributed by atoms with van der Waals surface area (Å²) in [6, 6.07) is 1.84. The Labute approximate surface area is 182 Å². The Bertz CT molecular complexity index is 741. The molecule has 8 heteroatoms. The molecule has 31 heavy (non-hydrogen) atoms. The highest BCUT2D eigenvalue weighted by atomic mass is 19.4. The summed E-state index contributed by atoms with van der Waals surface area (Å²) in [5.74, 6) is 0.112. The van der Waals surface area contributed by atoms with Crippen LogP contribution < -0.4 is 5.32 Å². The number of pyridine rings is 1. The Kier molecular flexibility index (Phi) is 8.33. The van der Waals surface area contributed by atoms with Crippen LogP contribution in [0.4, 0.5) is 13.2 Å². The molecule has 1 aromatic rings. The van der Waals surface area contributed by atoms with Crippen molar-refractivity contribution in [3.63, 3.8) is 0 Å². The number of likely N-dealkylation sites (tertiary alicyclic amines) is 1. The van der Waals surface area contributed by atoms with Gasteiger partial charge < -0.3 is 15.0 Å². The highest BCUT2D eigenvalue weighted by Crippen LogP contribution is 2.30. The second kappa shape index (κ2) is 10.8. The van der Waals surface area contributed by atoms with Gasteiger partial charge in [-0.2, -0.15) is 13.2 Å². The van der Waals surface area contributed by atoms with Crippen LogP contribution in [0.2, 0.25) is 0 Å². The van der Waals surface area contributed by atoms with Gasteiger partial charge in [-0.15, -0.1) is 0 Å². The lowest BCUT2D eigenvalue weighted by atomic mass is 9.92. The number of hydrogen-bond donors (Lipinski definition) is 1. The van der Waals surface area contributed by atoms with E-state index in [9.17, 15) is 18.0 Å². The summed E-state index contributed by atoms with van der Waals surface area (Å²) < 4.78 is 44.3. The molecule has 2 fully saturated rings. The molecule has 3 rings (SSSR count). The summed E-state index contributed by atoms with van der Waals surface area (Å²) in [6.07, 6.45) is 4.31. The first kappa shape index (κ1) is 24.0. The first-order valence-electron chi connectivity index (χ1n) is 11.4. The van der Waals surface area contributed by atoms with Gasteiger partial charge in [-0.1, -0.05) is 19.8 Å². The maximum atomic E-state index is 12.9. The first-order valence-corrected chi connectivity index (χ1v) is 11.4. The van der Waals surface area contributed by atoms with E-state index in [1.54, 1.807) is 7.11 Å². The molecule has 1 aromatic heterocycles. The molecule has 1 saturated heterocycles. The third-order valence-corrected chi connectivity index (χ3v) is 6.57. The number of nitrogens with zero attached hydrogens (tertiary/aromatic N) is 2. The van der Waals surface area contributed by atoms with Crippen LogP contribution in [0, 0.1) is 0 Å². The van der Waals surface area contributed by atoms with Gasteiger partial charge in [0.05, 0.1) is 11.7 Å². The lowest BCUT2D eigenvalue weighted by Gasteiger charge is -2.33. The Morgan fingerprint density at radius 3 is 2.77 bits per heavy atom. The SMILES string of the molecule is CCc1cc(C(F)(F)F)cnc1CCCC(=O)N1CCC(NC2CCCCC2OC)C1. The molecule has 1 aliphatic carbocycles. The van der Waals surface area contributed by atoms with E-state index >= 15 is 0 Å². The molecule has 0 radical (unpaired) electrons. The number of halogens is 3. The van der Waals surface area contributed by atoms with Crippen LogP contribution in [0.25, 0.3) is 0 Å². The quantitative estimate of drug-likeness (QED) is 0.659. The van der Waals surface area contributed by atoms with Crippen LogP contribution in [0.15, 0.2) is 12.3 Å². The molecular weight excluding hydrogens is 407 g/mol. The zero-order chi connectivity index (χ0) is 22.4. The zero-order valence-electron chi connectivity index (χ0n) is 18.5. The Morgan fingerprint density at radius 2 is 2.06 bits per heavy atom. The van der Waals surface area contributed by atoms with E-state index in [-0.39, 0.29) is 12.0 Å². The van der Waals surface area contributed by atoms with Crippen molar-refractivity contribution < 1.29 is 22.7 Å². The van der Waals surface area contributed by atoms with Crippen LogP contribution >= 0.6 is 0 Å². The van der Waals surface area contributed by atoms with Crippen molar-refractivity contribution in [1.82, 2.24) is 15.2 Å². The molecule has 1 N–H and O–H groups in total. The van der Waals surface area contributed by atoms with Crippen molar-refractivity contribution in [2.75, 3.05) is 20.2 Å². The van der Waals surface area contributed by atoms with Crippen molar-refractivity contribution in [3.8, 4) is 0 Å². The Balaban J connectivity index is 1.45. The van der Waals surface area contributed by atoms with E-state index in [4.69, 9.17) is 4.74 Å². The van der Waals surface area contributed by atoms with E-state index in [1.807, 2.05) is 11.8 Å². The van der Waals surface area contributed by atoms with E-state index in [0.717, 1.165) is 32.0 Å². The Morgan fingerprint density at radius 1 is 1.29 bits per heavy atom. The smallest absolute Gasteiger partial charge is 0.380 e. The van der Waals surface area contributed by atoms with Gasteiger partial charge in [-0.3, -0.25) is 9.78 Å². The minimum atomic E-state index is -4.38. The summed E-state index contributed by atoms with van der Waals surface area (Å²) in [5.41, 5.74) is 0.550. The Hall–Kier alpha value is -1.67. The molecule has 174 valence electrons. The molecule has 0 spiro atoms. The van der Waals surface area contributed by atoms with Crippen molar-refractivity contribution in [2.24, 2.45) is 0 Å². The zero-order valence-corrected chi connectivity index (χ0v) is 18.5. The molecule has 1 aliphatic heterocycles. The minimum absolute atomic E-state index is 0.112. The van der Waals surface area contributed by atoms with Crippen LogP contribution in [-0.4, -0.2) is 54.2 Å². The molecule has 0 bridgehead atoms. The highest BCUT2D eigenvalue weighted by molar-refractivity contribution is 5.76. The maximum Gasteiger partial charge on any atom is 0.417 e. The summed E-state index contributed by atoms with van der Waals surface area (Å²) in [6.45, 7) is 3.29. The van der Waals surface area contributed by atoms with Gasteiger partial charge in [0.25, 0.3) is 0 Å². The molecular formula is C23H34F3N3O2. The van der Waals surface area contributed by atoms with Crippen LogP contribution in [0.3, 0.4) is 0 Å². The lowest BCUT2D eigenvalue weighted by Crippen LogP contribution is -2.48. The second-order valence-electron chi connectivity index (χ2n) is 8.69. The number of aryl methyl sites for hydroxylation is 2. The fourth-order valence-electron chi connectivity index (χ4n) is 4.79.